The molecule has 1 fully saturated rings. The highest BCUT2D eigenvalue weighted by atomic mass is 35.5. The summed E-state index contributed by atoms with van der Waals surface area (Å²) >= 11 is 7.15. The van der Waals surface area contributed by atoms with Crippen LogP contribution in [0.15, 0.2) is 0 Å². The number of amides is 1. The molecule has 7 heteroatoms. The molecule has 0 radical (unpaired) electrons. The summed E-state index contributed by atoms with van der Waals surface area (Å²) in [6.45, 7) is 3.22. The molecule has 0 aliphatic carbocycles. The van der Waals surface area contributed by atoms with Crippen LogP contribution in [-0.2, 0) is 11.2 Å². The van der Waals surface area contributed by atoms with Gasteiger partial charge in [-0.15, -0.1) is 16.7 Å². The Kier molecular flexibility index (Phi) is 4.53. The molecule has 2 rings (SSSR count). The van der Waals surface area contributed by atoms with Gasteiger partial charge < -0.3 is 10.1 Å². The first-order valence-electron chi connectivity index (χ1n) is 5.98. The van der Waals surface area contributed by atoms with Gasteiger partial charge in [0.25, 0.3) is 5.91 Å². The van der Waals surface area contributed by atoms with Gasteiger partial charge in [0.05, 0.1) is 11.2 Å². The van der Waals surface area contributed by atoms with Gasteiger partial charge in [-0.3, -0.25) is 4.79 Å². The third kappa shape index (κ3) is 2.81. The second kappa shape index (κ2) is 5.95. The Balaban J connectivity index is 2.10. The Morgan fingerprint density at radius 2 is 2.28 bits per heavy atom. The Morgan fingerprint density at radius 1 is 1.56 bits per heavy atom. The summed E-state index contributed by atoms with van der Waals surface area (Å²) in [5, 5.41) is 6.99. The standard InChI is InChI=1S/C11H16ClN3O2S/c1-2-8-9(18-15-14-8)10(16)13-11(7-12)3-5-17-6-4-11/h2-7H2,1H3,(H,13,16). The fraction of sp³-hybridized carbons (Fsp3) is 0.727. The van der Waals surface area contributed by atoms with Crippen molar-refractivity contribution in [1.29, 1.82) is 0 Å². The van der Waals surface area contributed by atoms with E-state index in [0.29, 0.717) is 30.4 Å². The molecule has 18 heavy (non-hydrogen) atoms. The molecular weight excluding hydrogens is 274 g/mol. The molecule has 1 aliphatic heterocycles. The Hall–Kier alpha value is -0.720. The highest BCUT2D eigenvalue weighted by molar-refractivity contribution is 7.08. The fourth-order valence-corrected chi connectivity index (χ4v) is 2.94. The van der Waals surface area contributed by atoms with Gasteiger partial charge >= 0.3 is 0 Å². The molecule has 0 aromatic carbocycles. The molecule has 1 aliphatic rings. The monoisotopic (exact) mass is 289 g/mol. The predicted molar refractivity (Wildman–Crippen MR) is 70.3 cm³/mol. The van der Waals surface area contributed by atoms with Crippen LogP contribution in [0.4, 0.5) is 0 Å². The molecule has 0 unspecified atom stereocenters. The Bertz CT molecular complexity index is 418. The highest BCUT2D eigenvalue weighted by Crippen LogP contribution is 2.23. The number of carbonyl (C=O) groups is 1. The van der Waals surface area contributed by atoms with E-state index in [2.05, 4.69) is 14.9 Å². The van der Waals surface area contributed by atoms with Crippen molar-refractivity contribution in [3.8, 4) is 0 Å². The zero-order valence-electron chi connectivity index (χ0n) is 10.2. The van der Waals surface area contributed by atoms with Crippen LogP contribution < -0.4 is 5.32 Å². The lowest BCUT2D eigenvalue weighted by molar-refractivity contribution is 0.0435. The van der Waals surface area contributed by atoms with E-state index in [4.69, 9.17) is 16.3 Å². The third-order valence-electron chi connectivity index (χ3n) is 3.18. The predicted octanol–water partition coefficient (Wildman–Crippen LogP) is 1.62. The van der Waals surface area contributed by atoms with Crippen LogP contribution in [0.2, 0.25) is 0 Å². The molecule has 100 valence electrons. The topological polar surface area (TPSA) is 64.1 Å². The van der Waals surface area contributed by atoms with Crippen LogP contribution in [0.3, 0.4) is 0 Å². The second-order valence-corrected chi connectivity index (χ2v) is 5.40. The summed E-state index contributed by atoms with van der Waals surface area (Å²) in [4.78, 5) is 12.8. The van der Waals surface area contributed by atoms with Crippen molar-refractivity contribution in [2.75, 3.05) is 19.1 Å². The van der Waals surface area contributed by atoms with Gasteiger partial charge in [0, 0.05) is 19.1 Å². The van der Waals surface area contributed by atoms with E-state index in [9.17, 15) is 4.79 Å². The van der Waals surface area contributed by atoms with Crippen molar-refractivity contribution in [3.05, 3.63) is 10.6 Å². The lowest BCUT2D eigenvalue weighted by Gasteiger charge is -2.36. The molecule has 0 atom stereocenters. The van der Waals surface area contributed by atoms with Gasteiger partial charge in [-0.05, 0) is 30.8 Å². The SMILES string of the molecule is CCc1nnsc1C(=O)NC1(CCl)CCOCC1. The maximum Gasteiger partial charge on any atom is 0.265 e. The van der Waals surface area contributed by atoms with Crippen molar-refractivity contribution in [2.45, 2.75) is 31.7 Å². The van der Waals surface area contributed by atoms with E-state index in [-0.39, 0.29) is 11.4 Å². The number of alkyl halides is 1. The molecule has 1 aromatic rings. The molecule has 1 saturated heterocycles. The highest BCUT2D eigenvalue weighted by Gasteiger charge is 2.34. The van der Waals surface area contributed by atoms with Gasteiger partial charge in [0.2, 0.25) is 0 Å². The number of halogens is 1. The van der Waals surface area contributed by atoms with Crippen molar-refractivity contribution in [1.82, 2.24) is 14.9 Å². The average Bonchev–Trinajstić information content (AvgIpc) is 2.88. The quantitative estimate of drug-likeness (QED) is 0.856. The van der Waals surface area contributed by atoms with Gasteiger partial charge in [0.1, 0.15) is 4.88 Å². The molecule has 2 heterocycles. The van der Waals surface area contributed by atoms with Gasteiger partial charge in [-0.1, -0.05) is 11.4 Å². The van der Waals surface area contributed by atoms with Gasteiger partial charge in [-0.25, -0.2) is 0 Å². The molecule has 0 spiro atoms. The largest absolute Gasteiger partial charge is 0.381 e. The number of aryl methyl sites for hydroxylation is 1. The van der Waals surface area contributed by atoms with E-state index in [1.807, 2.05) is 6.92 Å². The van der Waals surface area contributed by atoms with E-state index in [1.54, 1.807) is 0 Å². The second-order valence-electron chi connectivity index (χ2n) is 4.38. The molecule has 1 N–H and O–H groups in total. The first-order chi connectivity index (χ1) is 8.71. The number of aromatic nitrogens is 2. The number of ether oxygens (including phenoxy) is 1. The van der Waals surface area contributed by atoms with Crippen LogP contribution in [0, 0.1) is 0 Å². The van der Waals surface area contributed by atoms with E-state index >= 15 is 0 Å². The summed E-state index contributed by atoms with van der Waals surface area (Å²) in [5.41, 5.74) is 0.389. The molecule has 0 bridgehead atoms. The summed E-state index contributed by atoms with van der Waals surface area (Å²) in [5.74, 6) is 0.278. The van der Waals surface area contributed by atoms with Crippen LogP contribution >= 0.6 is 23.1 Å². The first kappa shape index (κ1) is 13.7. The van der Waals surface area contributed by atoms with E-state index in [1.165, 1.54) is 0 Å². The molecule has 5 nitrogen and oxygen atoms in total. The number of nitrogens with zero attached hydrogens (tertiary/aromatic N) is 2. The number of nitrogens with one attached hydrogen (secondary N) is 1. The zero-order valence-corrected chi connectivity index (χ0v) is 11.8. The van der Waals surface area contributed by atoms with Gasteiger partial charge in [0.15, 0.2) is 0 Å². The zero-order chi connectivity index (χ0) is 13.0. The average molecular weight is 290 g/mol. The minimum Gasteiger partial charge on any atom is -0.381 e. The lowest BCUT2D eigenvalue weighted by atomic mass is 9.92. The van der Waals surface area contributed by atoms with Crippen molar-refractivity contribution in [2.24, 2.45) is 0 Å². The number of hydrogen-bond acceptors (Lipinski definition) is 5. The summed E-state index contributed by atoms with van der Waals surface area (Å²) in [7, 11) is 0. The van der Waals surface area contributed by atoms with Crippen LogP contribution in [0.1, 0.15) is 35.1 Å². The number of rotatable bonds is 4. The van der Waals surface area contributed by atoms with Gasteiger partial charge in [-0.2, -0.15) is 0 Å². The maximum absolute atomic E-state index is 12.2. The van der Waals surface area contributed by atoms with E-state index < -0.39 is 0 Å². The van der Waals surface area contributed by atoms with Crippen LogP contribution in [0.5, 0.6) is 0 Å². The normalized spacial score (nSPS) is 18.6. The first-order valence-corrected chi connectivity index (χ1v) is 7.29. The summed E-state index contributed by atoms with van der Waals surface area (Å²) in [6.07, 6.45) is 2.20. The van der Waals surface area contributed by atoms with Crippen molar-refractivity contribution < 1.29 is 9.53 Å². The third-order valence-corrected chi connectivity index (χ3v) is 4.46. The number of carbonyl (C=O) groups excluding carboxylic acids is 1. The van der Waals surface area contributed by atoms with Crippen LogP contribution in [-0.4, -0.2) is 40.1 Å². The maximum atomic E-state index is 12.2. The van der Waals surface area contributed by atoms with Crippen LogP contribution in [0.25, 0.3) is 0 Å². The molecular formula is C11H16ClN3O2S. The lowest BCUT2D eigenvalue weighted by Crippen LogP contribution is -2.53. The Labute approximate surface area is 115 Å². The minimum absolute atomic E-state index is 0.121. The minimum atomic E-state index is -0.355. The molecule has 0 saturated carbocycles. The summed E-state index contributed by atoms with van der Waals surface area (Å²) < 4.78 is 9.14. The molecule has 1 aromatic heterocycles. The Morgan fingerprint density at radius 3 is 2.89 bits per heavy atom. The number of hydrogen-bond donors (Lipinski definition) is 1. The van der Waals surface area contributed by atoms with Crippen molar-refractivity contribution in [3.63, 3.8) is 0 Å². The smallest absolute Gasteiger partial charge is 0.265 e. The summed E-state index contributed by atoms with van der Waals surface area (Å²) in [6, 6.07) is 0. The van der Waals surface area contributed by atoms with Crippen molar-refractivity contribution >= 4 is 29.0 Å². The van der Waals surface area contributed by atoms with E-state index in [0.717, 1.165) is 30.1 Å². The molecule has 1 amide bonds. The fourth-order valence-electron chi connectivity index (χ4n) is 1.96.